The molecule has 0 aromatic carbocycles. The zero-order valence-corrected chi connectivity index (χ0v) is 11.5. The lowest BCUT2D eigenvalue weighted by atomic mass is 10.1. The molecule has 2 heterocycles. The van der Waals surface area contributed by atoms with E-state index < -0.39 is 56.8 Å². The van der Waals surface area contributed by atoms with Crippen LogP contribution in [-0.4, -0.2) is 64.9 Å². The summed E-state index contributed by atoms with van der Waals surface area (Å²) in [7, 11) is -3.98. The van der Waals surface area contributed by atoms with Crippen molar-refractivity contribution in [3.8, 4) is 0 Å². The van der Waals surface area contributed by atoms with Gasteiger partial charge in [-0.05, 0) is 0 Å². The fourth-order valence-corrected chi connectivity index (χ4v) is 4.02. The number of amides is 1. The minimum Gasteiger partial charge on any atom is -0.477 e. The maximum absolute atomic E-state index is 12.0. The van der Waals surface area contributed by atoms with Gasteiger partial charge in [0, 0.05) is 12.5 Å². The summed E-state index contributed by atoms with van der Waals surface area (Å²) in [5.74, 6) is -4.00. The number of hydrogen-bond acceptors (Lipinski definition) is 8. The van der Waals surface area contributed by atoms with Gasteiger partial charge in [0.15, 0.2) is 20.9 Å². The first-order valence-electron chi connectivity index (χ1n) is 5.56. The third-order valence-corrected chi connectivity index (χ3v) is 4.82. The van der Waals surface area contributed by atoms with Gasteiger partial charge in [0.2, 0.25) is 0 Å². The highest BCUT2D eigenvalue weighted by atomic mass is 32.2. The van der Waals surface area contributed by atoms with Crippen LogP contribution in [0.2, 0.25) is 0 Å². The lowest BCUT2D eigenvalue weighted by Gasteiger charge is -2.43. The Kier molecular flexibility index (Phi) is 3.45. The summed E-state index contributed by atoms with van der Waals surface area (Å²) in [6.07, 6.45) is 0. The molecule has 0 aliphatic carbocycles. The van der Waals surface area contributed by atoms with Crippen LogP contribution in [0.5, 0.6) is 0 Å². The summed E-state index contributed by atoms with van der Waals surface area (Å²) < 4.78 is 28.7. The van der Waals surface area contributed by atoms with Gasteiger partial charge in [0.05, 0.1) is 5.75 Å². The number of hydrogen-bond donors (Lipinski definition) is 2. The van der Waals surface area contributed by atoms with Crippen molar-refractivity contribution >= 4 is 33.4 Å². The van der Waals surface area contributed by atoms with Crippen molar-refractivity contribution in [2.45, 2.75) is 12.3 Å². The van der Waals surface area contributed by atoms with Gasteiger partial charge < -0.3 is 15.1 Å². The van der Waals surface area contributed by atoms with Gasteiger partial charge in [-0.15, -0.1) is 0 Å². The van der Waals surface area contributed by atoms with Crippen LogP contribution in [0.3, 0.4) is 0 Å². The molecule has 21 heavy (non-hydrogen) atoms. The molecule has 0 bridgehead atoms. The number of rotatable bonds is 3. The number of fused-ring (bicyclic) bond motifs is 1. The largest absolute Gasteiger partial charge is 0.477 e. The number of esters is 1. The van der Waals surface area contributed by atoms with Crippen molar-refractivity contribution in [1.82, 2.24) is 4.90 Å². The molecule has 0 unspecified atom stereocenters. The average Bonchev–Trinajstić information content (AvgIpc) is 2.36. The molecule has 1 fully saturated rings. The predicted octanol–water partition coefficient (Wildman–Crippen LogP) is -1.68. The molecule has 2 aliphatic heterocycles. The molecule has 1 atom stereocenters. The zero-order chi connectivity index (χ0) is 15.9. The molecule has 2 rings (SSSR count). The standard InChI is InChI=1S/C10H10N2O8S/c1-4(13)20-2-5-3-21(18,19)9-6(11-17)8(14)12(9)7(5)10(15)16/h9,17H,2-3H2,1H3,(H,15,16)/b11-6-/t9-/m1/s1. The number of carboxylic acid groups (broad SMARTS) is 1. The maximum atomic E-state index is 12.0. The topological polar surface area (TPSA) is 151 Å². The van der Waals surface area contributed by atoms with Crippen LogP contribution in [0, 0.1) is 0 Å². The number of sulfone groups is 1. The number of β-lactam (4-membered cyclic amide) rings is 1. The van der Waals surface area contributed by atoms with Crippen LogP contribution in [0.15, 0.2) is 16.4 Å². The van der Waals surface area contributed by atoms with Gasteiger partial charge >= 0.3 is 11.9 Å². The van der Waals surface area contributed by atoms with Crippen molar-refractivity contribution in [3.63, 3.8) is 0 Å². The van der Waals surface area contributed by atoms with Crippen LogP contribution >= 0.6 is 0 Å². The van der Waals surface area contributed by atoms with Crippen molar-refractivity contribution in [2.24, 2.45) is 5.16 Å². The Hall–Kier alpha value is -2.43. The lowest BCUT2D eigenvalue weighted by molar-refractivity contribution is -0.141. The molecular weight excluding hydrogens is 308 g/mol. The summed E-state index contributed by atoms with van der Waals surface area (Å²) in [6.45, 7) is 0.519. The van der Waals surface area contributed by atoms with Crippen molar-refractivity contribution in [3.05, 3.63) is 11.3 Å². The summed E-state index contributed by atoms with van der Waals surface area (Å²) >= 11 is 0. The molecule has 1 saturated heterocycles. The Morgan fingerprint density at radius 2 is 2.10 bits per heavy atom. The van der Waals surface area contributed by atoms with Crippen molar-refractivity contribution in [1.29, 1.82) is 0 Å². The van der Waals surface area contributed by atoms with Crippen LogP contribution < -0.4 is 0 Å². The molecule has 114 valence electrons. The first-order chi connectivity index (χ1) is 9.70. The van der Waals surface area contributed by atoms with E-state index in [0.717, 1.165) is 6.92 Å². The quantitative estimate of drug-likeness (QED) is 0.271. The van der Waals surface area contributed by atoms with E-state index in [1.54, 1.807) is 0 Å². The number of carbonyl (C=O) groups is 3. The Labute approximate surface area is 118 Å². The van der Waals surface area contributed by atoms with Gasteiger partial charge in [0.1, 0.15) is 12.3 Å². The van der Waals surface area contributed by atoms with Crippen LogP contribution in [0.25, 0.3) is 0 Å². The first-order valence-corrected chi connectivity index (χ1v) is 7.28. The number of carboxylic acids is 1. The van der Waals surface area contributed by atoms with Gasteiger partial charge in [-0.1, -0.05) is 5.16 Å². The molecule has 0 aromatic rings. The molecule has 0 radical (unpaired) electrons. The van der Waals surface area contributed by atoms with Gasteiger partial charge in [-0.25, -0.2) is 13.2 Å². The predicted molar refractivity (Wildman–Crippen MR) is 64.9 cm³/mol. The van der Waals surface area contributed by atoms with Gasteiger partial charge in [-0.3, -0.25) is 14.5 Å². The second kappa shape index (κ2) is 4.84. The maximum Gasteiger partial charge on any atom is 0.352 e. The van der Waals surface area contributed by atoms with Gasteiger partial charge in [0.25, 0.3) is 5.91 Å². The molecule has 2 aliphatic rings. The van der Waals surface area contributed by atoms with E-state index in [2.05, 4.69) is 9.89 Å². The number of ether oxygens (including phenoxy) is 1. The van der Waals surface area contributed by atoms with Crippen LogP contribution in [0.4, 0.5) is 0 Å². The summed E-state index contributed by atoms with van der Waals surface area (Å²) in [4.78, 5) is 34.2. The molecular formula is C10H10N2O8S. The molecule has 0 aromatic heterocycles. The highest BCUT2D eigenvalue weighted by Gasteiger charge is 2.58. The van der Waals surface area contributed by atoms with E-state index in [1.807, 2.05) is 0 Å². The average molecular weight is 318 g/mol. The Balaban J connectivity index is 2.52. The smallest absolute Gasteiger partial charge is 0.352 e. The lowest BCUT2D eigenvalue weighted by Crippen LogP contribution is -2.67. The normalized spacial score (nSPS) is 25.4. The van der Waals surface area contributed by atoms with E-state index in [9.17, 15) is 22.8 Å². The van der Waals surface area contributed by atoms with E-state index in [4.69, 9.17) is 10.3 Å². The Morgan fingerprint density at radius 3 is 2.57 bits per heavy atom. The van der Waals surface area contributed by atoms with E-state index in [0.29, 0.717) is 4.90 Å². The molecule has 0 spiro atoms. The third-order valence-electron chi connectivity index (χ3n) is 2.96. The Bertz CT molecular complexity index is 705. The van der Waals surface area contributed by atoms with Crippen LogP contribution in [0.1, 0.15) is 6.92 Å². The monoisotopic (exact) mass is 318 g/mol. The fourth-order valence-electron chi connectivity index (χ4n) is 2.15. The number of aliphatic carboxylic acids is 1. The minimum absolute atomic E-state index is 0.223. The molecule has 2 N–H and O–H groups in total. The van der Waals surface area contributed by atoms with E-state index in [1.165, 1.54) is 0 Å². The summed E-state index contributed by atoms with van der Waals surface area (Å²) in [5, 5.41) is 18.8. The molecule has 10 nitrogen and oxygen atoms in total. The SMILES string of the molecule is CC(=O)OCC1=C(C(=O)O)N2C(=O)/C(=N/O)[C@H]2S(=O)(=O)C1. The summed E-state index contributed by atoms with van der Waals surface area (Å²) in [5.41, 5.74) is -1.44. The summed E-state index contributed by atoms with van der Waals surface area (Å²) in [6, 6.07) is 0. The highest BCUT2D eigenvalue weighted by molar-refractivity contribution is 7.93. The first kappa shape index (κ1) is 15.0. The van der Waals surface area contributed by atoms with E-state index >= 15 is 0 Å². The second-order valence-corrected chi connectivity index (χ2v) is 6.42. The molecule has 1 amide bonds. The van der Waals surface area contributed by atoms with E-state index in [-0.39, 0.29) is 5.57 Å². The number of nitrogens with zero attached hydrogens (tertiary/aromatic N) is 2. The highest BCUT2D eigenvalue weighted by Crippen LogP contribution is 2.34. The number of carbonyl (C=O) groups excluding carboxylic acids is 2. The number of oxime groups is 1. The van der Waals surface area contributed by atoms with Gasteiger partial charge in [-0.2, -0.15) is 0 Å². The minimum atomic E-state index is -3.98. The third kappa shape index (κ3) is 2.24. The molecule has 11 heteroatoms. The fraction of sp³-hybridized carbons (Fsp3) is 0.400. The van der Waals surface area contributed by atoms with Crippen molar-refractivity contribution < 1.29 is 37.9 Å². The zero-order valence-electron chi connectivity index (χ0n) is 10.6. The Morgan fingerprint density at radius 1 is 1.48 bits per heavy atom. The van der Waals surface area contributed by atoms with Crippen molar-refractivity contribution in [2.75, 3.05) is 12.4 Å². The second-order valence-electron chi connectivity index (χ2n) is 4.36. The molecule has 0 saturated carbocycles. The van der Waals surface area contributed by atoms with Crippen LogP contribution in [-0.2, 0) is 29.0 Å².